The molecule has 1 rings (SSSR count). The Hall–Kier alpha value is -2.20. The Morgan fingerprint density at radius 2 is 1.17 bits per heavy atom. The molecule has 1 fully saturated rings. The first-order valence-corrected chi connectivity index (χ1v) is 13.6. The predicted molar refractivity (Wildman–Crippen MR) is 138 cm³/mol. The third-order valence-corrected chi connectivity index (χ3v) is 6.61. The van der Waals surface area contributed by atoms with Crippen molar-refractivity contribution in [1.82, 2.24) is 9.80 Å². The molecule has 208 valence electrons. The van der Waals surface area contributed by atoms with E-state index in [1.807, 2.05) is 27.7 Å². The van der Waals surface area contributed by atoms with Gasteiger partial charge in [-0.15, -0.1) is 0 Å². The Kier molecular flexibility index (Phi) is 15.3. The van der Waals surface area contributed by atoms with Crippen LogP contribution >= 0.6 is 0 Å². The van der Waals surface area contributed by atoms with E-state index >= 15 is 0 Å². The molecule has 1 aliphatic rings. The topological polar surface area (TPSA) is 145 Å². The molecule has 0 aromatic carbocycles. The summed E-state index contributed by atoms with van der Waals surface area (Å²) in [5.41, 5.74) is 11.1. The third kappa shape index (κ3) is 10.0. The van der Waals surface area contributed by atoms with Crippen LogP contribution in [-0.2, 0) is 28.7 Å². The highest BCUT2D eigenvalue weighted by Crippen LogP contribution is 2.37. The molecular weight excluding hydrogens is 464 g/mol. The van der Waals surface area contributed by atoms with Crippen molar-refractivity contribution in [1.29, 1.82) is 0 Å². The zero-order valence-corrected chi connectivity index (χ0v) is 22.7. The van der Waals surface area contributed by atoms with Crippen LogP contribution in [0.25, 0.3) is 0 Å². The zero-order valence-electron chi connectivity index (χ0n) is 22.7. The van der Waals surface area contributed by atoms with Crippen molar-refractivity contribution in [2.45, 2.75) is 91.3 Å². The van der Waals surface area contributed by atoms with Crippen molar-refractivity contribution < 1.29 is 28.7 Å². The summed E-state index contributed by atoms with van der Waals surface area (Å²) in [4.78, 5) is 53.9. The molecule has 0 radical (unpaired) electrons. The molecule has 1 aliphatic carbocycles. The number of nitrogens with two attached hydrogens (primary N) is 2. The first kappa shape index (κ1) is 31.8. The van der Waals surface area contributed by atoms with E-state index in [1.165, 1.54) is 0 Å². The van der Waals surface area contributed by atoms with E-state index in [0.717, 1.165) is 38.5 Å². The minimum atomic E-state index is -1.04. The number of nitrogens with zero attached hydrogens (tertiary/aromatic N) is 2. The Bertz CT molecular complexity index is 692. The summed E-state index contributed by atoms with van der Waals surface area (Å²) in [6.45, 7) is 9.70. The number of hydrogen-bond donors (Lipinski definition) is 2. The first-order valence-electron chi connectivity index (χ1n) is 13.6. The number of ether oxygens (including phenoxy) is 2. The van der Waals surface area contributed by atoms with Crippen LogP contribution in [0.3, 0.4) is 0 Å². The fourth-order valence-corrected chi connectivity index (χ4v) is 5.11. The van der Waals surface area contributed by atoms with Gasteiger partial charge in [0.2, 0.25) is 17.7 Å². The molecule has 10 nitrogen and oxygen atoms in total. The van der Waals surface area contributed by atoms with Crippen molar-refractivity contribution in [2.24, 2.45) is 23.3 Å². The molecule has 0 bridgehead atoms. The van der Waals surface area contributed by atoms with E-state index in [1.54, 1.807) is 9.80 Å². The minimum Gasteiger partial charge on any atom is -0.368 e. The summed E-state index contributed by atoms with van der Waals surface area (Å²) in [5.74, 6) is -2.55. The molecule has 4 amide bonds. The highest BCUT2D eigenvalue weighted by atomic mass is 16.5. The third-order valence-electron chi connectivity index (χ3n) is 6.61. The number of primary amides is 2. The van der Waals surface area contributed by atoms with Gasteiger partial charge in [-0.2, -0.15) is 0 Å². The lowest BCUT2D eigenvalue weighted by atomic mass is 9.72. The highest BCUT2D eigenvalue weighted by molar-refractivity contribution is 5.83. The lowest BCUT2D eigenvalue weighted by molar-refractivity contribution is -0.161. The van der Waals surface area contributed by atoms with Gasteiger partial charge in [0.05, 0.1) is 0 Å². The maximum Gasteiger partial charge on any atom is 0.252 e. The molecule has 0 aliphatic heterocycles. The van der Waals surface area contributed by atoms with Gasteiger partial charge in [0.15, 0.2) is 0 Å². The molecule has 0 spiro atoms. The monoisotopic (exact) mass is 512 g/mol. The largest absolute Gasteiger partial charge is 0.368 e. The molecule has 10 heteroatoms. The summed E-state index contributed by atoms with van der Waals surface area (Å²) in [6.07, 6.45) is 4.12. The first-order chi connectivity index (χ1) is 17.2. The standard InChI is InChI=1S/C26H48N4O6/c1-5-13-29(14-6-2)22(32)18-36-23(25(28)33)19-11-9-10-12-20(19)24(35-17-21(27)31)26(34)30(15-7-3)16-8-4/h19-20,23-24H,5-18H2,1-4H3,(H2,27,31)(H2,28,33)/t19-,20+,23?,24?/m0/s1. The summed E-state index contributed by atoms with van der Waals surface area (Å²) >= 11 is 0. The van der Waals surface area contributed by atoms with Crippen molar-refractivity contribution in [2.75, 3.05) is 39.4 Å². The van der Waals surface area contributed by atoms with Crippen LogP contribution in [0.2, 0.25) is 0 Å². The van der Waals surface area contributed by atoms with Gasteiger partial charge in [0.1, 0.15) is 25.4 Å². The van der Waals surface area contributed by atoms with Gasteiger partial charge in [-0.1, -0.05) is 40.5 Å². The summed E-state index contributed by atoms with van der Waals surface area (Å²) in [6, 6.07) is 0. The van der Waals surface area contributed by atoms with Crippen LogP contribution in [0.15, 0.2) is 0 Å². The van der Waals surface area contributed by atoms with Crippen molar-refractivity contribution in [3.8, 4) is 0 Å². The minimum absolute atomic E-state index is 0.188. The van der Waals surface area contributed by atoms with Crippen molar-refractivity contribution in [3.63, 3.8) is 0 Å². The lowest BCUT2D eigenvalue weighted by Crippen LogP contribution is -2.52. The lowest BCUT2D eigenvalue weighted by Gasteiger charge is -2.40. The van der Waals surface area contributed by atoms with E-state index in [9.17, 15) is 19.2 Å². The van der Waals surface area contributed by atoms with Crippen LogP contribution < -0.4 is 11.5 Å². The number of carbonyl (C=O) groups excluding carboxylic acids is 4. The molecule has 36 heavy (non-hydrogen) atoms. The molecule has 1 saturated carbocycles. The van der Waals surface area contributed by atoms with E-state index < -0.39 is 42.5 Å². The molecule has 4 atom stereocenters. The fraction of sp³-hybridized carbons (Fsp3) is 0.846. The molecule has 4 N–H and O–H groups in total. The van der Waals surface area contributed by atoms with E-state index in [0.29, 0.717) is 39.0 Å². The smallest absolute Gasteiger partial charge is 0.252 e. The normalized spacial score (nSPS) is 19.3. The zero-order chi connectivity index (χ0) is 27.1. The van der Waals surface area contributed by atoms with Crippen molar-refractivity contribution >= 4 is 23.6 Å². The number of rotatable bonds is 18. The van der Waals surface area contributed by atoms with Crippen LogP contribution in [0.4, 0.5) is 0 Å². The number of amides is 4. The van der Waals surface area contributed by atoms with E-state index in [2.05, 4.69) is 0 Å². The van der Waals surface area contributed by atoms with Gasteiger partial charge < -0.3 is 30.7 Å². The maximum absolute atomic E-state index is 13.6. The second kappa shape index (κ2) is 17.3. The van der Waals surface area contributed by atoms with Gasteiger partial charge >= 0.3 is 0 Å². The predicted octanol–water partition coefficient (Wildman–Crippen LogP) is 1.83. The molecule has 0 aromatic rings. The second-order valence-corrected chi connectivity index (χ2v) is 9.65. The molecule has 2 unspecified atom stereocenters. The second-order valence-electron chi connectivity index (χ2n) is 9.65. The summed E-state index contributed by atoms with van der Waals surface area (Å²) in [7, 11) is 0. The van der Waals surface area contributed by atoms with Gasteiger partial charge in [-0.25, -0.2) is 0 Å². The van der Waals surface area contributed by atoms with Crippen molar-refractivity contribution in [3.05, 3.63) is 0 Å². The quantitative estimate of drug-likeness (QED) is 0.287. The SMILES string of the molecule is CCCN(CCC)C(=O)COC(C(N)=O)[C@H]1CCCC[C@H]1C(OCC(N)=O)C(=O)N(CCC)CCC. The Morgan fingerprint density at radius 3 is 1.61 bits per heavy atom. The molecule has 0 saturated heterocycles. The molecule has 0 aromatic heterocycles. The maximum atomic E-state index is 13.6. The summed E-state index contributed by atoms with van der Waals surface area (Å²) in [5, 5.41) is 0. The van der Waals surface area contributed by atoms with Crippen LogP contribution in [0.1, 0.15) is 79.1 Å². The van der Waals surface area contributed by atoms with Crippen LogP contribution in [0, 0.1) is 11.8 Å². The van der Waals surface area contributed by atoms with E-state index in [-0.39, 0.29) is 18.4 Å². The van der Waals surface area contributed by atoms with Crippen LogP contribution in [-0.4, -0.2) is 85.0 Å². The molecular formula is C26H48N4O6. The number of hydrogen-bond acceptors (Lipinski definition) is 6. The number of carbonyl (C=O) groups is 4. The van der Waals surface area contributed by atoms with Crippen LogP contribution in [0.5, 0.6) is 0 Å². The van der Waals surface area contributed by atoms with Gasteiger partial charge in [-0.3, -0.25) is 19.2 Å². The Labute approximate surface area is 216 Å². The average molecular weight is 513 g/mol. The highest BCUT2D eigenvalue weighted by Gasteiger charge is 2.44. The average Bonchev–Trinajstić information content (AvgIpc) is 2.84. The van der Waals surface area contributed by atoms with Gasteiger partial charge in [-0.05, 0) is 50.4 Å². The summed E-state index contributed by atoms with van der Waals surface area (Å²) < 4.78 is 11.7. The fourth-order valence-electron chi connectivity index (χ4n) is 5.11. The molecule has 0 heterocycles. The van der Waals surface area contributed by atoms with E-state index in [4.69, 9.17) is 20.9 Å². The Balaban J connectivity index is 3.18. The Morgan fingerprint density at radius 1 is 0.722 bits per heavy atom. The van der Waals surface area contributed by atoms with Gasteiger partial charge in [0.25, 0.3) is 5.91 Å². The van der Waals surface area contributed by atoms with Gasteiger partial charge in [0, 0.05) is 26.2 Å².